The number of thiazole rings is 1. The average molecular weight is 237 g/mol. The number of aromatic nitrogens is 1. The van der Waals surface area contributed by atoms with Crippen LogP contribution < -0.4 is 0 Å². The van der Waals surface area contributed by atoms with E-state index in [2.05, 4.69) is 4.98 Å². The van der Waals surface area contributed by atoms with Crippen molar-refractivity contribution in [2.45, 2.75) is 20.0 Å². The van der Waals surface area contributed by atoms with Crippen LogP contribution in [0.25, 0.3) is 11.3 Å². The first-order valence-corrected chi connectivity index (χ1v) is 5.86. The lowest BCUT2D eigenvalue weighted by atomic mass is 10.1. The van der Waals surface area contributed by atoms with E-state index in [1.54, 1.807) is 26.0 Å². The summed E-state index contributed by atoms with van der Waals surface area (Å²) in [4.78, 5) is 4.30. The van der Waals surface area contributed by atoms with Crippen molar-refractivity contribution in [2.24, 2.45) is 0 Å². The number of halogens is 1. The van der Waals surface area contributed by atoms with Gasteiger partial charge in [0.2, 0.25) is 0 Å². The highest BCUT2D eigenvalue weighted by molar-refractivity contribution is 7.10. The van der Waals surface area contributed by atoms with Gasteiger partial charge in [0.05, 0.1) is 5.69 Å². The smallest absolute Gasteiger partial charge is 0.126 e. The zero-order chi connectivity index (χ0) is 11.7. The average Bonchev–Trinajstić information content (AvgIpc) is 2.71. The molecule has 0 aliphatic carbocycles. The summed E-state index contributed by atoms with van der Waals surface area (Å²) >= 11 is 1.41. The predicted molar refractivity (Wildman–Crippen MR) is 62.9 cm³/mol. The van der Waals surface area contributed by atoms with Crippen LogP contribution in [-0.2, 0) is 0 Å². The molecule has 1 atom stereocenters. The van der Waals surface area contributed by atoms with Crippen molar-refractivity contribution in [3.8, 4) is 11.3 Å². The minimum Gasteiger partial charge on any atom is -0.386 e. The van der Waals surface area contributed by atoms with Gasteiger partial charge in [-0.15, -0.1) is 11.3 Å². The van der Waals surface area contributed by atoms with Gasteiger partial charge in [-0.25, -0.2) is 9.37 Å². The third-order valence-corrected chi connectivity index (χ3v) is 3.35. The third kappa shape index (κ3) is 2.13. The van der Waals surface area contributed by atoms with Gasteiger partial charge in [0.25, 0.3) is 0 Å². The number of benzene rings is 1. The second-order valence-corrected chi connectivity index (χ2v) is 4.60. The van der Waals surface area contributed by atoms with Crippen LogP contribution in [0, 0.1) is 12.7 Å². The molecular weight excluding hydrogens is 225 g/mol. The van der Waals surface area contributed by atoms with Crippen molar-refractivity contribution in [3.63, 3.8) is 0 Å². The molecule has 1 aromatic carbocycles. The van der Waals surface area contributed by atoms with Gasteiger partial charge in [-0.2, -0.15) is 0 Å². The van der Waals surface area contributed by atoms with Crippen LogP contribution in [0.3, 0.4) is 0 Å². The number of hydrogen-bond donors (Lipinski definition) is 1. The van der Waals surface area contributed by atoms with E-state index in [1.807, 2.05) is 5.38 Å². The standard InChI is InChI=1S/C12H12FNOS/c1-7-5-9(3-4-10(7)13)11-6-16-12(14-11)8(2)15/h3-6,8,15H,1-2H3. The summed E-state index contributed by atoms with van der Waals surface area (Å²) in [5, 5.41) is 11.9. The Labute approximate surface area is 97.4 Å². The summed E-state index contributed by atoms with van der Waals surface area (Å²) in [6.45, 7) is 3.40. The Morgan fingerprint density at radius 1 is 1.44 bits per heavy atom. The van der Waals surface area contributed by atoms with Crippen LogP contribution in [-0.4, -0.2) is 10.1 Å². The van der Waals surface area contributed by atoms with Gasteiger partial charge < -0.3 is 5.11 Å². The number of hydrogen-bond acceptors (Lipinski definition) is 3. The van der Waals surface area contributed by atoms with Crippen LogP contribution in [0.2, 0.25) is 0 Å². The molecule has 4 heteroatoms. The number of rotatable bonds is 2. The molecule has 0 amide bonds. The van der Waals surface area contributed by atoms with Crippen LogP contribution in [0.15, 0.2) is 23.6 Å². The van der Waals surface area contributed by atoms with E-state index >= 15 is 0 Å². The lowest BCUT2D eigenvalue weighted by Gasteiger charge is -2.00. The summed E-state index contributed by atoms with van der Waals surface area (Å²) in [7, 11) is 0. The van der Waals surface area contributed by atoms with Crippen molar-refractivity contribution in [1.29, 1.82) is 0 Å². The van der Waals surface area contributed by atoms with Crippen molar-refractivity contribution < 1.29 is 9.50 Å². The molecule has 1 N–H and O–H groups in total. The molecule has 1 unspecified atom stereocenters. The lowest BCUT2D eigenvalue weighted by Crippen LogP contribution is -1.90. The summed E-state index contributed by atoms with van der Waals surface area (Å²) in [5.74, 6) is -0.213. The van der Waals surface area contributed by atoms with Gasteiger partial charge in [-0.3, -0.25) is 0 Å². The Morgan fingerprint density at radius 2 is 2.19 bits per heavy atom. The Bertz CT molecular complexity index is 507. The van der Waals surface area contributed by atoms with E-state index in [0.29, 0.717) is 10.6 Å². The molecule has 0 aliphatic rings. The molecule has 2 rings (SSSR count). The van der Waals surface area contributed by atoms with Gasteiger partial charge in [0, 0.05) is 10.9 Å². The molecule has 1 heterocycles. The molecule has 0 aliphatic heterocycles. The SMILES string of the molecule is Cc1cc(-c2csc(C(C)O)n2)ccc1F. The highest BCUT2D eigenvalue weighted by Crippen LogP contribution is 2.26. The molecule has 2 aromatic rings. The van der Waals surface area contributed by atoms with Gasteiger partial charge in [0.15, 0.2) is 0 Å². The van der Waals surface area contributed by atoms with Gasteiger partial charge >= 0.3 is 0 Å². The van der Waals surface area contributed by atoms with Crippen LogP contribution in [0.5, 0.6) is 0 Å². The normalized spacial score (nSPS) is 12.8. The Morgan fingerprint density at radius 3 is 2.75 bits per heavy atom. The number of nitrogens with zero attached hydrogens (tertiary/aromatic N) is 1. The molecule has 2 nitrogen and oxygen atoms in total. The lowest BCUT2D eigenvalue weighted by molar-refractivity contribution is 0.199. The Balaban J connectivity index is 2.39. The fraction of sp³-hybridized carbons (Fsp3) is 0.250. The van der Waals surface area contributed by atoms with E-state index in [9.17, 15) is 9.50 Å². The third-order valence-electron chi connectivity index (χ3n) is 2.33. The van der Waals surface area contributed by atoms with E-state index < -0.39 is 6.10 Å². The second-order valence-electron chi connectivity index (χ2n) is 3.71. The van der Waals surface area contributed by atoms with Crippen molar-refractivity contribution in [3.05, 3.63) is 40.0 Å². The fourth-order valence-corrected chi connectivity index (χ4v) is 2.19. The molecule has 0 spiro atoms. The quantitative estimate of drug-likeness (QED) is 0.869. The van der Waals surface area contributed by atoms with Crippen LogP contribution in [0.4, 0.5) is 4.39 Å². The van der Waals surface area contributed by atoms with E-state index in [1.165, 1.54) is 17.4 Å². The summed E-state index contributed by atoms with van der Waals surface area (Å²) in [6, 6.07) is 4.89. The van der Waals surface area contributed by atoms with Gasteiger partial charge in [-0.05, 0) is 37.6 Å². The van der Waals surface area contributed by atoms with Crippen LogP contribution >= 0.6 is 11.3 Å². The first-order chi connectivity index (χ1) is 7.58. The summed E-state index contributed by atoms with van der Waals surface area (Å²) in [5.41, 5.74) is 2.26. The first kappa shape index (κ1) is 11.2. The summed E-state index contributed by atoms with van der Waals surface area (Å²) < 4.78 is 13.1. The molecule has 0 saturated carbocycles. The van der Waals surface area contributed by atoms with Crippen molar-refractivity contribution in [2.75, 3.05) is 0 Å². The van der Waals surface area contributed by atoms with Crippen molar-refractivity contribution >= 4 is 11.3 Å². The molecule has 0 bridgehead atoms. The first-order valence-electron chi connectivity index (χ1n) is 4.98. The molecular formula is C12H12FNOS. The Kier molecular flexibility index (Phi) is 3.03. The highest BCUT2D eigenvalue weighted by atomic mass is 32.1. The Hall–Kier alpha value is -1.26. The zero-order valence-electron chi connectivity index (χ0n) is 9.07. The molecule has 0 radical (unpaired) electrons. The van der Waals surface area contributed by atoms with E-state index in [0.717, 1.165) is 11.3 Å². The molecule has 84 valence electrons. The predicted octanol–water partition coefficient (Wildman–Crippen LogP) is 3.31. The molecule has 1 aromatic heterocycles. The number of aliphatic hydroxyl groups excluding tert-OH is 1. The molecule has 16 heavy (non-hydrogen) atoms. The van der Waals surface area contributed by atoms with E-state index in [4.69, 9.17) is 0 Å². The minimum absolute atomic E-state index is 0.213. The van der Waals surface area contributed by atoms with Crippen LogP contribution in [0.1, 0.15) is 23.6 Å². The molecule has 0 fully saturated rings. The highest BCUT2D eigenvalue weighted by Gasteiger charge is 2.09. The van der Waals surface area contributed by atoms with E-state index in [-0.39, 0.29) is 5.82 Å². The van der Waals surface area contributed by atoms with Gasteiger partial charge in [-0.1, -0.05) is 0 Å². The second kappa shape index (κ2) is 4.31. The van der Waals surface area contributed by atoms with Crippen molar-refractivity contribution in [1.82, 2.24) is 4.98 Å². The minimum atomic E-state index is -0.555. The number of aliphatic hydroxyl groups is 1. The van der Waals surface area contributed by atoms with Gasteiger partial charge in [0.1, 0.15) is 16.9 Å². The molecule has 0 saturated heterocycles. The maximum atomic E-state index is 13.1. The topological polar surface area (TPSA) is 33.1 Å². The maximum Gasteiger partial charge on any atom is 0.126 e. The monoisotopic (exact) mass is 237 g/mol. The largest absolute Gasteiger partial charge is 0.386 e. The fourth-order valence-electron chi connectivity index (χ4n) is 1.42. The summed E-state index contributed by atoms with van der Waals surface area (Å²) in [6.07, 6.45) is -0.555. The maximum absolute atomic E-state index is 13.1. The number of aryl methyl sites for hydroxylation is 1. The zero-order valence-corrected chi connectivity index (χ0v) is 9.88.